The van der Waals surface area contributed by atoms with Crippen LogP contribution in [0.25, 0.3) is 22.2 Å². The number of esters is 1. The standard InChI is InChI=1S/C21H15NO4/c1-24-16-9-5-8-15(12-16)21(23)25-17-10-11-18-19(13-17)26-22-20(18)14-6-3-2-4-7-14/h2-13H,1H3. The molecule has 0 radical (unpaired) electrons. The molecule has 0 fully saturated rings. The first-order valence-electron chi connectivity index (χ1n) is 8.06. The number of nitrogens with zero attached hydrogens (tertiary/aromatic N) is 1. The lowest BCUT2D eigenvalue weighted by Crippen LogP contribution is -2.08. The molecule has 0 bridgehead atoms. The summed E-state index contributed by atoms with van der Waals surface area (Å²) in [4.78, 5) is 12.3. The van der Waals surface area contributed by atoms with Crippen LogP contribution in [-0.4, -0.2) is 18.2 Å². The van der Waals surface area contributed by atoms with Crippen molar-refractivity contribution in [3.63, 3.8) is 0 Å². The van der Waals surface area contributed by atoms with Gasteiger partial charge >= 0.3 is 5.97 Å². The lowest BCUT2D eigenvalue weighted by Gasteiger charge is -2.05. The monoisotopic (exact) mass is 345 g/mol. The van der Waals surface area contributed by atoms with E-state index in [0.29, 0.717) is 22.6 Å². The number of ether oxygens (including phenoxy) is 2. The SMILES string of the molecule is COc1cccc(C(=O)Oc2ccc3c(-c4ccccc4)noc3c2)c1. The predicted octanol–water partition coefficient (Wildman–Crippen LogP) is 4.72. The van der Waals surface area contributed by atoms with Crippen molar-refractivity contribution in [3.8, 4) is 22.8 Å². The number of benzene rings is 3. The van der Waals surface area contributed by atoms with E-state index in [1.807, 2.05) is 36.4 Å². The summed E-state index contributed by atoms with van der Waals surface area (Å²) < 4.78 is 16.0. The molecular weight excluding hydrogens is 330 g/mol. The molecule has 5 nitrogen and oxygen atoms in total. The molecule has 1 aromatic heterocycles. The Balaban J connectivity index is 1.61. The van der Waals surface area contributed by atoms with Gasteiger partial charge in [-0.1, -0.05) is 41.6 Å². The van der Waals surface area contributed by atoms with E-state index in [1.54, 1.807) is 43.5 Å². The normalized spacial score (nSPS) is 10.7. The van der Waals surface area contributed by atoms with E-state index >= 15 is 0 Å². The fourth-order valence-corrected chi connectivity index (χ4v) is 2.70. The topological polar surface area (TPSA) is 61.6 Å². The molecule has 4 rings (SSSR count). The molecule has 0 aliphatic heterocycles. The molecule has 0 N–H and O–H groups in total. The minimum absolute atomic E-state index is 0.390. The van der Waals surface area contributed by atoms with Gasteiger partial charge in [0.25, 0.3) is 0 Å². The smallest absolute Gasteiger partial charge is 0.343 e. The molecule has 0 unspecified atom stereocenters. The summed E-state index contributed by atoms with van der Waals surface area (Å²) in [6, 6.07) is 21.8. The fourth-order valence-electron chi connectivity index (χ4n) is 2.70. The molecule has 0 saturated carbocycles. The summed E-state index contributed by atoms with van der Waals surface area (Å²) in [5.41, 5.74) is 2.69. The zero-order valence-corrected chi connectivity index (χ0v) is 14.0. The number of hydrogen-bond donors (Lipinski definition) is 0. The van der Waals surface area contributed by atoms with E-state index in [9.17, 15) is 4.79 Å². The Hall–Kier alpha value is -3.60. The van der Waals surface area contributed by atoms with Gasteiger partial charge in [-0.15, -0.1) is 0 Å². The van der Waals surface area contributed by atoms with Gasteiger partial charge in [-0.25, -0.2) is 4.79 Å². The third kappa shape index (κ3) is 3.02. The molecule has 3 aromatic carbocycles. The van der Waals surface area contributed by atoms with Gasteiger partial charge in [0.15, 0.2) is 5.58 Å². The molecular formula is C21H15NO4. The first-order valence-corrected chi connectivity index (χ1v) is 8.06. The van der Waals surface area contributed by atoms with Crippen molar-refractivity contribution >= 4 is 16.9 Å². The second-order valence-electron chi connectivity index (χ2n) is 5.68. The van der Waals surface area contributed by atoms with E-state index in [4.69, 9.17) is 14.0 Å². The van der Waals surface area contributed by atoms with Crippen molar-refractivity contribution < 1.29 is 18.8 Å². The van der Waals surface area contributed by atoms with Crippen molar-refractivity contribution in [1.29, 1.82) is 0 Å². The van der Waals surface area contributed by atoms with Gasteiger partial charge in [0.05, 0.1) is 12.7 Å². The number of carbonyl (C=O) groups excluding carboxylic acids is 1. The second-order valence-corrected chi connectivity index (χ2v) is 5.68. The third-order valence-corrected chi connectivity index (χ3v) is 4.01. The first-order chi connectivity index (χ1) is 12.7. The first kappa shape index (κ1) is 15.9. The van der Waals surface area contributed by atoms with Crippen molar-refractivity contribution in [2.45, 2.75) is 0 Å². The highest BCUT2D eigenvalue weighted by atomic mass is 16.5. The number of hydrogen-bond acceptors (Lipinski definition) is 5. The van der Waals surface area contributed by atoms with Gasteiger partial charge in [-0.05, 0) is 30.3 Å². The minimum Gasteiger partial charge on any atom is -0.497 e. The second kappa shape index (κ2) is 6.72. The van der Waals surface area contributed by atoms with Crippen LogP contribution in [0.1, 0.15) is 10.4 Å². The number of carbonyl (C=O) groups is 1. The molecule has 0 atom stereocenters. The zero-order valence-electron chi connectivity index (χ0n) is 14.0. The van der Waals surface area contributed by atoms with Crippen LogP contribution in [0.15, 0.2) is 77.3 Å². The van der Waals surface area contributed by atoms with Crippen LogP contribution in [0.2, 0.25) is 0 Å². The van der Waals surface area contributed by atoms with Crippen molar-refractivity contribution in [3.05, 3.63) is 78.4 Å². The zero-order chi connectivity index (χ0) is 17.9. The third-order valence-electron chi connectivity index (χ3n) is 4.01. The van der Waals surface area contributed by atoms with Crippen LogP contribution in [0, 0.1) is 0 Å². The van der Waals surface area contributed by atoms with E-state index < -0.39 is 5.97 Å². The van der Waals surface area contributed by atoms with Gasteiger partial charge < -0.3 is 14.0 Å². The Morgan fingerprint density at radius 1 is 0.923 bits per heavy atom. The van der Waals surface area contributed by atoms with Gasteiger partial charge in [0, 0.05) is 17.0 Å². The molecule has 0 aliphatic rings. The van der Waals surface area contributed by atoms with E-state index in [1.165, 1.54) is 0 Å². The van der Waals surface area contributed by atoms with Crippen molar-refractivity contribution in [1.82, 2.24) is 5.16 Å². The highest BCUT2D eigenvalue weighted by Crippen LogP contribution is 2.30. The predicted molar refractivity (Wildman–Crippen MR) is 97.4 cm³/mol. The number of fused-ring (bicyclic) bond motifs is 1. The van der Waals surface area contributed by atoms with Crippen molar-refractivity contribution in [2.75, 3.05) is 7.11 Å². The number of aromatic nitrogens is 1. The number of methoxy groups -OCH3 is 1. The van der Waals surface area contributed by atoms with E-state index in [-0.39, 0.29) is 0 Å². The summed E-state index contributed by atoms with van der Waals surface area (Å²) in [7, 11) is 1.55. The Morgan fingerprint density at radius 2 is 1.77 bits per heavy atom. The highest BCUT2D eigenvalue weighted by Gasteiger charge is 2.14. The number of rotatable bonds is 4. The van der Waals surface area contributed by atoms with Crippen LogP contribution in [-0.2, 0) is 0 Å². The Kier molecular flexibility index (Phi) is 4.11. The molecule has 0 saturated heterocycles. The quantitative estimate of drug-likeness (QED) is 0.395. The van der Waals surface area contributed by atoms with E-state index in [0.717, 1.165) is 16.6 Å². The van der Waals surface area contributed by atoms with Gasteiger partial charge in [-0.3, -0.25) is 0 Å². The maximum Gasteiger partial charge on any atom is 0.343 e. The lowest BCUT2D eigenvalue weighted by atomic mass is 10.1. The molecule has 128 valence electrons. The Labute approximate surface area is 149 Å². The molecule has 5 heteroatoms. The molecule has 4 aromatic rings. The van der Waals surface area contributed by atoms with Gasteiger partial charge in [0.1, 0.15) is 17.2 Å². The average Bonchev–Trinajstić information content (AvgIpc) is 3.12. The van der Waals surface area contributed by atoms with Gasteiger partial charge in [-0.2, -0.15) is 0 Å². The van der Waals surface area contributed by atoms with Gasteiger partial charge in [0.2, 0.25) is 0 Å². The summed E-state index contributed by atoms with van der Waals surface area (Å²) >= 11 is 0. The van der Waals surface area contributed by atoms with Crippen molar-refractivity contribution in [2.24, 2.45) is 0 Å². The maximum absolute atomic E-state index is 12.3. The van der Waals surface area contributed by atoms with Crippen LogP contribution >= 0.6 is 0 Å². The summed E-state index contributed by atoms with van der Waals surface area (Å²) in [6.07, 6.45) is 0. The Bertz CT molecular complexity index is 1070. The van der Waals surface area contributed by atoms with Crippen LogP contribution in [0.4, 0.5) is 0 Å². The fraction of sp³-hybridized carbons (Fsp3) is 0.0476. The lowest BCUT2D eigenvalue weighted by molar-refractivity contribution is 0.0734. The average molecular weight is 345 g/mol. The summed E-state index contributed by atoms with van der Waals surface area (Å²) in [5, 5.41) is 4.99. The molecule has 0 spiro atoms. The maximum atomic E-state index is 12.3. The molecule has 1 heterocycles. The minimum atomic E-state index is -0.467. The summed E-state index contributed by atoms with van der Waals surface area (Å²) in [6.45, 7) is 0. The van der Waals surface area contributed by atoms with Crippen LogP contribution in [0.5, 0.6) is 11.5 Å². The largest absolute Gasteiger partial charge is 0.497 e. The molecule has 0 aliphatic carbocycles. The molecule has 26 heavy (non-hydrogen) atoms. The summed E-state index contributed by atoms with van der Waals surface area (Å²) in [5.74, 6) is 0.518. The van der Waals surface area contributed by atoms with Crippen LogP contribution < -0.4 is 9.47 Å². The van der Waals surface area contributed by atoms with E-state index in [2.05, 4.69) is 5.16 Å². The highest BCUT2D eigenvalue weighted by molar-refractivity contribution is 5.94. The van der Waals surface area contributed by atoms with Crippen LogP contribution in [0.3, 0.4) is 0 Å². The molecule has 0 amide bonds. The Morgan fingerprint density at radius 3 is 2.58 bits per heavy atom.